The molecule has 0 bridgehead atoms. The average Bonchev–Trinajstić information content (AvgIpc) is 2.92. The smallest absolute Gasteiger partial charge is 0.349 e. The van der Waals surface area contributed by atoms with Gasteiger partial charge in [0.1, 0.15) is 0 Å². The van der Waals surface area contributed by atoms with Gasteiger partial charge in [0.05, 0.1) is 25.2 Å². The highest BCUT2D eigenvalue weighted by Gasteiger charge is 2.12. The van der Waals surface area contributed by atoms with Crippen LogP contribution in [0, 0.1) is 0 Å². The van der Waals surface area contributed by atoms with Crippen molar-refractivity contribution in [3.8, 4) is 11.1 Å². The number of carbonyl (C=O) groups excluding carboxylic acids is 1. The Morgan fingerprint density at radius 2 is 2.25 bits per heavy atom. The molecule has 2 aromatic heterocycles. The first-order valence-corrected chi connectivity index (χ1v) is 5.81. The molecule has 2 heterocycles. The highest BCUT2D eigenvalue weighted by atomic mass is 16.5. The Kier molecular flexibility index (Phi) is 2.79. The third-order valence-electron chi connectivity index (χ3n) is 2.91. The van der Waals surface area contributed by atoms with Gasteiger partial charge in [-0.05, 0) is 17.7 Å². The third kappa shape index (κ3) is 1.85. The molecule has 0 aliphatic carbocycles. The van der Waals surface area contributed by atoms with Gasteiger partial charge in [0.25, 0.3) is 0 Å². The highest BCUT2D eigenvalue weighted by molar-refractivity contribution is 5.91. The molecule has 0 aliphatic rings. The summed E-state index contributed by atoms with van der Waals surface area (Å²) in [6.07, 6.45) is 2.85. The third-order valence-corrected chi connectivity index (χ3v) is 2.91. The second-order valence-electron chi connectivity index (χ2n) is 4.07. The maximum absolute atomic E-state index is 11.6. The van der Waals surface area contributed by atoms with E-state index in [0.717, 1.165) is 5.56 Å². The molecule has 0 unspecified atom stereocenters. The zero-order valence-electron chi connectivity index (χ0n) is 10.5. The molecule has 20 heavy (non-hydrogen) atoms. The number of nitrogens with one attached hydrogen (secondary N) is 1. The Morgan fingerprint density at radius 3 is 3.05 bits per heavy atom. The van der Waals surface area contributed by atoms with Gasteiger partial charge in [-0.25, -0.2) is 14.6 Å². The van der Waals surface area contributed by atoms with Crippen LogP contribution in [0.2, 0.25) is 0 Å². The van der Waals surface area contributed by atoms with Gasteiger partial charge in [-0.15, -0.1) is 0 Å². The Bertz CT molecular complexity index is 850. The predicted octanol–water partition coefficient (Wildman–Crippen LogP) is 0.871. The summed E-state index contributed by atoms with van der Waals surface area (Å²) >= 11 is 0. The first kappa shape index (κ1) is 12.1. The minimum absolute atomic E-state index is 0.370. The van der Waals surface area contributed by atoms with E-state index in [4.69, 9.17) is 0 Å². The molecule has 0 saturated heterocycles. The summed E-state index contributed by atoms with van der Waals surface area (Å²) in [5.74, 6) is -0.422. The summed E-state index contributed by atoms with van der Waals surface area (Å²) in [4.78, 5) is 29.7. The summed E-state index contributed by atoms with van der Waals surface area (Å²) in [5.41, 5.74) is 1.89. The van der Waals surface area contributed by atoms with Crippen molar-refractivity contribution in [3.05, 3.63) is 52.8 Å². The van der Waals surface area contributed by atoms with Crippen LogP contribution in [-0.4, -0.2) is 32.7 Å². The molecule has 0 amide bonds. The van der Waals surface area contributed by atoms with Gasteiger partial charge in [0.2, 0.25) is 0 Å². The fourth-order valence-corrected chi connectivity index (χ4v) is 1.96. The van der Waals surface area contributed by atoms with E-state index in [1.165, 1.54) is 24.1 Å². The van der Waals surface area contributed by atoms with Gasteiger partial charge in [-0.3, -0.25) is 4.98 Å². The van der Waals surface area contributed by atoms with Crippen LogP contribution in [0.4, 0.5) is 0 Å². The van der Waals surface area contributed by atoms with Gasteiger partial charge >= 0.3 is 11.7 Å². The Balaban J connectivity index is 2.19. The van der Waals surface area contributed by atoms with Crippen LogP contribution >= 0.6 is 0 Å². The fourth-order valence-electron chi connectivity index (χ4n) is 1.96. The molecule has 100 valence electrons. The SMILES string of the molecule is COC(=O)c1cccc(-c2cnn3c(=O)[nH]cnc23)c1. The van der Waals surface area contributed by atoms with Crippen LogP contribution in [0.15, 0.2) is 41.6 Å². The van der Waals surface area contributed by atoms with E-state index in [1.54, 1.807) is 18.2 Å². The lowest BCUT2D eigenvalue weighted by molar-refractivity contribution is 0.0601. The number of carbonyl (C=O) groups is 1. The van der Waals surface area contributed by atoms with Crippen molar-refractivity contribution in [2.24, 2.45) is 0 Å². The van der Waals surface area contributed by atoms with Crippen LogP contribution in [0.5, 0.6) is 0 Å². The van der Waals surface area contributed by atoms with E-state index < -0.39 is 5.97 Å². The first-order chi connectivity index (χ1) is 9.70. The molecule has 0 fully saturated rings. The van der Waals surface area contributed by atoms with Crippen molar-refractivity contribution >= 4 is 11.6 Å². The van der Waals surface area contributed by atoms with Crippen LogP contribution in [0.25, 0.3) is 16.8 Å². The van der Waals surface area contributed by atoms with Crippen LogP contribution in [-0.2, 0) is 4.74 Å². The second kappa shape index (κ2) is 4.61. The van der Waals surface area contributed by atoms with E-state index in [9.17, 15) is 9.59 Å². The molecular weight excluding hydrogens is 260 g/mol. The van der Waals surface area contributed by atoms with Crippen molar-refractivity contribution < 1.29 is 9.53 Å². The Labute approximate surface area is 112 Å². The Hall–Kier alpha value is -2.96. The molecule has 1 N–H and O–H groups in total. The molecular formula is C13H10N4O3. The van der Waals surface area contributed by atoms with Gasteiger partial charge in [-0.2, -0.15) is 9.61 Å². The second-order valence-corrected chi connectivity index (χ2v) is 4.07. The number of H-pyrrole nitrogens is 1. The molecule has 0 aliphatic heterocycles. The number of benzene rings is 1. The Morgan fingerprint density at radius 1 is 1.40 bits per heavy atom. The molecule has 0 atom stereocenters. The van der Waals surface area contributed by atoms with E-state index in [2.05, 4.69) is 19.8 Å². The predicted molar refractivity (Wildman–Crippen MR) is 70.4 cm³/mol. The number of ether oxygens (including phenoxy) is 1. The summed E-state index contributed by atoms with van der Waals surface area (Å²) in [6, 6.07) is 6.87. The minimum Gasteiger partial charge on any atom is -0.465 e. The average molecular weight is 270 g/mol. The van der Waals surface area contributed by atoms with Crippen molar-refractivity contribution in [2.45, 2.75) is 0 Å². The number of hydrogen-bond acceptors (Lipinski definition) is 5. The topological polar surface area (TPSA) is 89.3 Å². The lowest BCUT2D eigenvalue weighted by atomic mass is 10.1. The van der Waals surface area contributed by atoms with E-state index in [-0.39, 0.29) is 5.69 Å². The number of nitrogens with zero attached hydrogens (tertiary/aromatic N) is 3. The van der Waals surface area contributed by atoms with E-state index in [1.807, 2.05) is 6.07 Å². The van der Waals surface area contributed by atoms with Gasteiger partial charge < -0.3 is 4.74 Å². The van der Waals surface area contributed by atoms with Crippen molar-refractivity contribution in [1.29, 1.82) is 0 Å². The summed E-state index contributed by atoms with van der Waals surface area (Å²) in [5, 5.41) is 3.98. The zero-order valence-corrected chi connectivity index (χ0v) is 10.5. The molecule has 7 heteroatoms. The maximum Gasteiger partial charge on any atom is 0.349 e. The van der Waals surface area contributed by atoms with Crippen molar-refractivity contribution in [1.82, 2.24) is 19.6 Å². The maximum atomic E-state index is 11.6. The standard InChI is InChI=1S/C13H10N4O3/c1-20-12(18)9-4-2-3-8(5-9)10-6-16-17-11(10)14-7-15-13(17)19/h2-7H,1H3,(H,14,15,19). The molecule has 0 saturated carbocycles. The normalized spacial score (nSPS) is 10.7. The molecule has 3 rings (SSSR count). The lowest BCUT2D eigenvalue weighted by Gasteiger charge is -2.02. The minimum atomic E-state index is -0.422. The van der Waals surface area contributed by atoms with E-state index >= 15 is 0 Å². The summed E-state index contributed by atoms with van der Waals surface area (Å²) in [7, 11) is 1.32. The van der Waals surface area contributed by atoms with Crippen LogP contribution in [0.1, 0.15) is 10.4 Å². The summed E-state index contributed by atoms with van der Waals surface area (Å²) in [6.45, 7) is 0. The van der Waals surface area contributed by atoms with Crippen molar-refractivity contribution in [2.75, 3.05) is 7.11 Å². The first-order valence-electron chi connectivity index (χ1n) is 5.81. The largest absolute Gasteiger partial charge is 0.465 e. The van der Waals surface area contributed by atoms with Crippen LogP contribution < -0.4 is 5.69 Å². The molecule has 0 spiro atoms. The fraction of sp³-hybridized carbons (Fsp3) is 0.0769. The van der Waals surface area contributed by atoms with Gasteiger partial charge in [0, 0.05) is 5.56 Å². The zero-order chi connectivity index (χ0) is 14.1. The molecule has 7 nitrogen and oxygen atoms in total. The van der Waals surface area contributed by atoms with Gasteiger partial charge in [-0.1, -0.05) is 12.1 Å². The van der Waals surface area contributed by atoms with Gasteiger partial charge in [0.15, 0.2) is 5.65 Å². The number of methoxy groups -OCH3 is 1. The molecule has 0 radical (unpaired) electrons. The number of fused-ring (bicyclic) bond motifs is 1. The molecule has 3 aromatic rings. The van der Waals surface area contributed by atoms with Crippen LogP contribution in [0.3, 0.4) is 0 Å². The highest BCUT2D eigenvalue weighted by Crippen LogP contribution is 2.23. The number of rotatable bonds is 2. The number of esters is 1. The lowest BCUT2D eigenvalue weighted by Crippen LogP contribution is -2.17. The van der Waals surface area contributed by atoms with E-state index in [0.29, 0.717) is 16.8 Å². The monoisotopic (exact) mass is 270 g/mol. The molecule has 1 aromatic carbocycles. The number of aromatic nitrogens is 4. The number of aromatic amines is 1. The van der Waals surface area contributed by atoms with Crippen molar-refractivity contribution in [3.63, 3.8) is 0 Å². The number of hydrogen-bond donors (Lipinski definition) is 1. The quantitative estimate of drug-likeness (QED) is 0.698. The summed E-state index contributed by atoms with van der Waals surface area (Å²) < 4.78 is 5.85.